The predicted octanol–water partition coefficient (Wildman–Crippen LogP) is 0.414. The van der Waals surface area contributed by atoms with Crippen LogP contribution >= 0.6 is 0 Å². The summed E-state index contributed by atoms with van der Waals surface area (Å²) in [7, 11) is 1.58. The third-order valence-corrected chi connectivity index (χ3v) is 3.47. The number of methoxy groups -OCH3 is 1. The average Bonchev–Trinajstić information content (AvgIpc) is 2.44. The molecule has 0 atom stereocenters. The molecule has 0 saturated carbocycles. The van der Waals surface area contributed by atoms with Gasteiger partial charge in [0.15, 0.2) is 0 Å². The minimum atomic E-state index is -0.359. The zero-order valence-corrected chi connectivity index (χ0v) is 12.5. The molecule has 0 spiro atoms. The van der Waals surface area contributed by atoms with Crippen molar-refractivity contribution in [1.29, 1.82) is 0 Å². The average molecular weight is 286 g/mol. The summed E-state index contributed by atoms with van der Waals surface area (Å²) < 4.78 is 9.91. The van der Waals surface area contributed by atoms with Crippen molar-refractivity contribution in [3.05, 3.63) is 0 Å². The van der Waals surface area contributed by atoms with Crippen LogP contribution in [0.2, 0.25) is 0 Å². The zero-order chi connectivity index (χ0) is 14.8. The van der Waals surface area contributed by atoms with Gasteiger partial charge in [0.25, 0.3) is 0 Å². The molecule has 1 saturated heterocycles. The molecule has 1 rings (SSSR count). The van der Waals surface area contributed by atoms with E-state index in [1.165, 1.54) is 0 Å². The van der Waals surface area contributed by atoms with Crippen LogP contribution in [0.25, 0.3) is 0 Å². The van der Waals surface area contributed by atoms with Gasteiger partial charge < -0.3 is 19.7 Å². The van der Waals surface area contributed by atoms with Crippen molar-refractivity contribution < 1.29 is 19.1 Å². The Morgan fingerprint density at radius 3 is 2.60 bits per heavy atom. The molecule has 0 unspecified atom stereocenters. The van der Waals surface area contributed by atoms with Crippen LogP contribution < -0.4 is 5.32 Å². The van der Waals surface area contributed by atoms with Gasteiger partial charge >= 0.3 is 5.97 Å². The van der Waals surface area contributed by atoms with Crippen molar-refractivity contribution in [2.24, 2.45) is 5.92 Å². The highest BCUT2D eigenvalue weighted by atomic mass is 16.5. The van der Waals surface area contributed by atoms with Crippen LogP contribution in [0.4, 0.5) is 0 Å². The lowest BCUT2D eigenvalue weighted by molar-refractivity contribution is -0.149. The van der Waals surface area contributed by atoms with Crippen LogP contribution in [0, 0.1) is 5.92 Å². The van der Waals surface area contributed by atoms with Crippen molar-refractivity contribution >= 4 is 11.9 Å². The first-order valence-corrected chi connectivity index (χ1v) is 7.30. The van der Waals surface area contributed by atoms with E-state index in [1.54, 1.807) is 18.9 Å². The van der Waals surface area contributed by atoms with Crippen molar-refractivity contribution in [1.82, 2.24) is 10.2 Å². The molecule has 1 aliphatic heterocycles. The fourth-order valence-electron chi connectivity index (χ4n) is 2.32. The molecule has 0 aliphatic carbocycles. The van der Waals surface area contributed by atoms with E-state index >= 15 is 0 Å². The third-order valence-electron chi connectivity index (χ3n) is 3.47. The SMILES string of the molecule is CCOC(=O)CN(CCOC)C(=O)CC1CCNCC1. The molecule has 6 heteroatoms. The molecule has 0 bridgehead atoms. The van der Waals surface area contributed by atoms with E-state index in [2.05, 4.69) is 5.32 Å². The van der Waals surface area contributed by atoms with Gasteiger partial charge in [-0.15, -0.1) is 0 Å². The van der Waals surface area contributed by atoms with Gasteiger partial charge in [-0.25, -0.2) is 0 Å². The zero-order valence-electron chi connectivity index (χ0n) is 12.5. The molecular formula is C14H26N2O4. The third kappa shape index (κ3) is 6.34. The number of hydrogen-bond donors (Lipinski definition) is 1. The number of nitrogens with zero attached hydrogens (tertiary/aromatic N) is 1. The van der Waals surface area contributed by atoms with Crippen LogP contribution in [-0.2, 0) is 19.1 Å². The van der Waals surface area contributed by atoms with Crippen LogP contribution in [0.3, 0.4) is 0 Å². The second kappa shape index (κ2) is 9.72. The lowest BCUT2D eigenvalue weighted by Crippen LogP contribution is -2.40. The highest BCUT2D eigenvalue weighted by Gasteiger charge is 2.22. The Balaban J connectivity index is 2.46. The summed E-state index contributed by atoms with van der Waals surface area (Å²) in [5, 5.41) is 3.28. The van der Waals surface area contributed by atoms with Crippen molar-refractivity contribution in [3.63, 3.8) is 0 Å². The number of nitrogens with one attached hydrogen (secondary N) is 1. The summed E-state index contributed by atoms with van der Waals surface area (Å²) >= 11 is 0. The highest BCUT2D eigenvalue weighted by molar-refractivity contribution is 5.82. The molecule has 1 N–H and O–H groups in total. The highest BCUT2D eigenvalue weighted by Crippen LogP contribution is 2.17. The normalized spacial score (nSPS) is 15.9. The minimum absolute atomic E-state index is 0.0149. The largest absolute Gasteiger partial charge is 0.465 e. The molecular weight excluding hydrogens is 260 g/mol. The first-order valence-electron chi connectivity index (χ1n) is 7.30. The van der Waals surface area contributed by atoms with Crippen LogP contribution in [0.1, 0.15) is 26.2 Å². The number of carbonyl (C=O) groups excluding carboxylic acids is 2. The van der Waals surface area contributed by atoms with E-state index in [9.17, 15) is 9.59 Å². The maximum atomic E-state index is 12.3. The molecule has 116 valence electrons. The smallest absolute Gasteiger partial charge is 0.325 e. The van der Waals surface area contributed by atoms with Crippen molar-refractivity contribution in [2.75, 3.05) is 46.5 Å². The van der Waals surface area contributed by atoms with Gasteiger partial charge in [0.05, 0.1) is 13.2 Å². The molecule has 0 aromatic rings. The van der Waals surface area contributed by atoms with Gasteiger partial charge in [-0.05, 0) is 38.8 Å². The molecule has 6 nitrogen and oxygen atoms in total. The van der Waals surface area contributed by atoms with Gasteiger partial charge in [-0.3, -0.25) is 9.59 Å². The first kappa shape index (κ1) is 16.9. The quantitative estimate of drug-likeness (QED) is 0.655. The molecule has 1 heterocycles. The summed E-state index contributed by atoms with van der Waals surface area (Å²) in [5.74, 6) is 0.0697. The topological polar surface area (TPSA) is 67.9 Å². The molecule has 20 heavy (non-hydrogen) atoms. The summed E-state index contributed by atoms with van der Waals surface area (Å²) in [6, 6.07) is 0. The Hall–Kier alpha value is -1.14. The van der Waals surface area contributed by atoms with Gasteiger partial charge in [0, 0.05) is 20.1 Å². The van der Waals surface area contributed by atoms with Gasteiger partial charge in [-0.1, -0.05) is 0 Å². The number of piperidine rings is 1. The van der Waals surface area contributed by atoms with Gasteiger partial charge in [-0.2, -0.15) is 0 Å². The number of amides is 1. The van der Waals surface area contributed by atoms with Crippen LogP contribution in [0.5, 0.6) is 0 Å². The number of carbonyl (C=O) groups is 2. The van der Waals surface area contributed by atoms with E-state index in [1.807, 2.05) is 0 Å². The van der Waals surface area contributed by atoms with E-state index in [0.717, 1.165) is 25.9 Å². The second-order valence-electron chi connectivity index (χ2n) is 5.01. The predicted molar refractivity (Wildman–Crippen MR) is 75.3 cm³/mol. The lowest BCUT2D eigenvalue weighted by Gasteiger charge is -2.26. The van der Waals surface area contributed by atoms with Crippen LogP contribution in [0.15, 0.2) is 0 Å². The molecule has 1 amide bonds. The fourth-order valence-corrected chi connectivity index (χ4v) is 2.32. The standard InChI is InChI=1S/C14H26N2O4/c1-3-20-14(18)11-16(8-9-19-2)13(17)10-12-4-6-15-7-5-12/h12,15H,3-11H2,1-2H3. The molecule has 0 radical (unpaired) electrons. The van der Waals surface area contributed by atoms with Crippen LogP contribution in [-0.4, -0.2) is 63.3 Å². The minimum Gasteiger partial charge on any atom is -0.465 e. The van der Waals surface area contributed by atoms with Crippen molar-refractivity contribution in [2.45, 2.75) is 26.2 Å². The monoisotopic (exact) mass is 286 g/mol. The van der Waals surface area contributed by atoms with E-state index < -0.39 is 0 Å². The Bertz CT molecular complexity index is 304. The first-order chi connectivity index (χ1) is 9.67. The van der Waals surface area contributed by atoms with Crippen molar-refractivity contribution in [3.8, 4) is 0 Å². The fraction of sp³-hybridized carbons (Fsp3) is 0.857. The lowest BCUT2D eigenvalue weighted by atomic mass is 9.94. The summed E-state index contributed by atoms with van der Waals surface area (Å²) in [5.41, 5.74) is 0. The Labute approximate surface area is 120 Å². The molecule has 1 aliphatic rings. The maximum Gasteiger partial charge on any atom is 0.325 e. The van der Waals surface area contributed by atoms with Gasteiger partial charge in [0.2, 0.25) is 5.91 Å². The van der Waals surface area contributed by atoms with E-state index in [0.29, 0.717) is 32.1 Å². The number of rotatable bonds is 8. The summed E-state index contributed by atoms with van der Waals surface area (Å²) in [4.78, 5) is 25.4. The number of ether oxygens (including phenoxy) is 2. The molecule has 1 fully saturated rings. The molecule has 0 aromatic carbocycles. The Morgan fingerprint density at radius 1 is 1.30 bits per heavy atom. The van der Waals surface area contributed by atoms with E-state index in [-0.39, 0.29) is 18.4 Å². The summed E-state index contributed by atoms with van der Waals surface area (Å²) in [6.07, 6.45) is 2.54. The maximum absolute atomic E-state index is 12.3. The number of hydrogen-bond acceptors (Lipinski definition) is 5. The Morgan fingerprint density at radius 2 is 2.00 bits per heavy atom. The number of esters is 1. The Kier molecular flexibility index (Phi) is 8.22. The molecule has 0 aromatic heterocycles. The van der Waals surface area contributed by atoms with Gasteiger partial charge in [0.1, 0.15) is 6.54 Å². The summed E-state index contributed by atoms with van der Waals surface area (Å²) in [6.45, 7) is 4.90. The second-order valence-corrected chi connectivity index (χ2v) is 5.01. The van der Waals surface area contributed by atoms with E-state index in [4.69, 9.17) is 9.47 Å².